The second kappa shape index (κ2) is 7.24. The molecule has 0 N–H and O–H groups in total. The maximum Gasteiger partial charge on any atom is 0.221 e. The van der Waals surface area contributed by atoms with Crippen LogP contribution in [0.3, 0.4) is 0 Å². The second-order valence-corrected chi connectivity index (χ2v) is 8.51. The molecule has 3 aliphatic heterocycles. The summed E-state index contributed by atoms with van der Waals surface area (Å²) in [6, 6.07) is 29.1. The lowest BCUT2D eigenvalue weighted by molar-refractivity contribution is -0.0204. The molecule has 0 radical (unpaired) electrons. The summed E-state index contributed by atoms with van der Waals surface area (Å²) in [5, 5.41) is 0. The highest BCUT2D eigenvalue weighted by atomic mass is 16.5. The van der Waals surface area contributed by atoms with Crippen molar-refractivity contribution in [1.29, 1.82) is 0 Å². The summed E-state index contributed by atoms with van der Waals surface area (Å²) in [5.41, 5.74) is 2.47. The van der Waals surface area contributed by atoms with Gasteiger partial charge in [0, 0.05) is 11.1 Å². The Hall–Kier alpha value is -3.11. The summed E-state index contributed by atoms with van der Waals surface area (Å²) in [6.45, 7) is 0. The lowest BCUT2D eigenvalue weighted by atomic mass is 9.67. The molecule has 4 nitrogen and oxygen atoms in total. The Morgan fingerprint density at radius 2 is 1.42 bits per heavy atom. The van der Waals surface area contributed by atoms with Crippen LogP contribution in [0.2, 0.25) is 0 Å². The third-order valence-electron chi connectivity index (χ3n) is 6.97. The first-order valence-corrected chi connectivity index (χ1v) is 11.0. The van der Waals surface area contributed by atoms with Crippen LogP contribution in [0.5, 0.6) is 5.75 Å². The first-order chi connectivity index (χ1) is 15.3. The lowest BCUT2D eigenvalue weighted by Crippen LogP contribution is -2.53. The molecule has 4 atom stereocenters. The molecule has 4 heteroatoms. The number of benzene rings is 3. The van der Waals surface area contributed by atoms with Crippen LogP contribution in [0.1, 0.15) is 29.5 Å². The largest absolute Gasteiger partial charge is 0.496 e. The molecule has 0 spiro atoms. The molecule has 2 saturated heterocycles. The number of ether oxygens (including phenoxy) is 3. The minimum Gasteiger partial charge on any atom is -0.496 e. The third kappa shape index (κ3) is 2.75. The number of fused-ring (bicyclic) bond motifs is 5. The minimum absolute atomic E-state index is 0.0489. The zero-order valence-corrected chi connectivity index (χ0v) is 17.5. The smallest absolute Gasteiger partial charge is 0.221 e. The minimum atomic E-state index is -0.676. The van der Waals surface area contributed by atoms with Crippen LogP contribution in [0.15, 0.2) is 89.9 Å². The van der Waals surface area contributed by atoms with E-state index in [4.69, 9.17) is 19.2 Å². The number of hydrogen-bond acceptors (Lipinski definition) is 4. The van der Waals surface area contributed by atoms with Gasteiger partial charge in [-0.2, -0.15) is 0 Å². The van der Waals surface area contributed by atoms with Crippen molar-refractivity contribution in [3.8, 4) is 5.75 Å². The van der Waals surface area contributed by atoms with Gasteiger partial charge in [-0.05, 0) is 25.0 Å². The fourth-order valence-corrected chi connectivity index (χ4v) is 5.69. The van der Waals surface area contributed by atoms with E-state index < -0.39 is 5.60 Å². The molecular weight excluding hydrogens is 386 g/mol. The fourth-order valence-electron chi connectivity index (χ4n) is 5.69. The van der Waals surface area contributed by atoms with Crippen molar-refractivity contribution in [1.82, 2.24) is 0 Å². The van der Waals surface area contributed by atoms with Gasteiger partial charge in [-0.1, -0.05) is 72.8 Å². The molecule has 3 aliphatic rings. The van der Waals surface area contributed by atoms with Gasteiger partial charge in [0.25, 0.3) is 0 Å². The summed E-state index contributed by atoms with van der Waals surface area (Å²) in [7, 11) is 1.69. The highest BCUT2D eigenvalue weighted by Crippen LogP contribution is 2.56. The molecule has 2 bridgehead atoms. The molecule has 156 valence electrons. The standard InChI is InChI=1S/C27H25NO3/c1-29-21-15-9-8-14-20(21)26-28-25-23-17-16-22(30-23)24(25)27(31-26,18-10-4-2-5-11-18)19-12-6-3-7-13-19/h2-15,22-25H,16-17H2,1H3/t22-,23+,24-,25+/m0/s1. The van der Waals surface area contributed by atoms with Gasteiger partial charge in [-0.15, -0.1) is 0 Å². The molecular formula is C27H25NO3. The average molecular weight is 412 g/mol. The highest BCUT2D eigenvalue weighted by molar-refractivity contribution is 5.98. The van der Waals surface area contributed by atoms with Gasteiger partial charge in [0.2, 0.25) is 5.90 Å². The summed E-state index contributed by atoms with van der Waals surface area (Å²) in [4.78, 5) is 5.14. The summed E-state index contributed by atoms with van der Waals surface area (Å²) in [5.74, 6) is 1.51. The van der Waals surface area contributed by atoms with Crippen molar-refractivity contribution in [2.45, 2.75) is 36.7 Å². The molecule has 3 heterocycles. The molecule has 0 amide bonds. The molecule has 0 saturated carbocycles. The molecule has 3 aromatic carbocycles. The molecule has 3 aromatic rings. The van der Waals surface area contributed by atoms with Gasteiger partial charge in [0.15, 0.2) is 5.60 Å². The quantitative estimate of drug-likeness (QED) is 0.609. The van der Waals surface area contributed by atoms with Crippen LogP contribution < -0.4 is 4.74 Å². The Bertz CT molecular complexity index is 1070. The second-order valence-electron chi connectivity index (χ2n) is 8.51. The van der Waals surface area contributed by atoms with Gasteiger partial charge in [0.1, 0.15) is 5.75 Å². The monoisotopic (exact) mass is 411 g/mol. The Kier molecular flexibility index (Phi) is 4.35. The third-order valence-corrected chi connectivity index (χ3v) is 6.97. The van der Waals surface area contributed by atoms with Crippen LogP contribution in [-0.2, 0) is 15.1 Å². The molecule has 6 rings (SSSR count). The van der Waals surface area contributed by atoms with Crippen molar-refractivity contribution in [2.24, 2.45) is 10.9 Å². The summed E-state index contributed by atoms with van der Waals surface area (Å²) < 4.78 is 19.1. The zero-order chi connectivity index (χ0) is 20.8. The number of nitrogens with zero attached hydrogens (tertiary/aromatic N) is 1. The Labute approximate surface area is 182 Å². The van der Waals surface area contributed by atoms with E-state index in [1.165, 1.54) is 0 Å². The van der Waals surface area contributed by atoms with Gasteiger partial charge >= 0.3 is 0 Å². The Morgan fingerprint density at radius 1 is 0.806 bits per heavy atom. The van der Waals surface area contributed by atoms with Crippen LogP contribution in [0, 0.1) is 5.92 Å². The first-order valence-electron chi connectivity index (χ1n) is 11.0. The Balaban J connectivity index is 1.61. The maximum absolute atomic E-state index is 7.03. The van der Waals surface area contributed by atoms with Crippen molar-refractivity contribution < 1.29 is 14.2 Å². The molecule has 0 aliphatic carbocycles. The van der Waals surface area contributed by atoms with Crippen molar-refractivity contribution in [2.75, 3.05) is 7.11 Å². The fraction of sp³-hybridized carbons (Fsp3) is 0.296. The first kappa shape index (κ1) is 18.6. The van der Waals surface area contributed by atoms with Crippen LogP contribution in [0.25, 0.3) is 0 Å². The number of hydrogen-bond donors (Lipinski definition) is 0. The van der Waals surface area contributed by atoms with Crippen molar-refractivity contribution in [3.63, 3.8) is 0 Å². The summed E-state index contributed by atoms with van der Waals surface area (Å²) >= 11 is 0. The average Bonchev–Trinajstić information content (AvgIpc) is 3.47. The van der Waals surface area contributed by atoms with E-state index in [1.807, 2.05) is 24.3 Å². The van der Waals surface area contributed by atoms with E-state index in [0.29, 0.717) is 5.90 Å². The van der Waals surface area contributed by atoms with Crippen LogP contribution in [-0.4, -0.2) is 31.3 Å². The van der Waals surface area contributed by atoms with E-state index >= 15 is 0 Å². The molecule has 0 aromatic heterocycles. The SMILES string of the molecule is COc1ccccc1C1=N[C@H]2[C@H]([C@@H]3CC[C@H]2O3)C(c2ccccc2)(c2ccccc2)O1. The number of rotatable bonds is 4. The van der Waals surface area contributed by atoms with Gasteiger partial charge in [0.05, 0.1) is 36.8 Å². The van der Waals surface area contributed by atoms with E-state index in [-0.39, 0.29) is 24.2 Å². The van der Waals surface area contributed by atoms with Gasteiger partial charge in [-0.25, -0.2) is 4.99 Å². The zero-order valence-electron chi connectivity index (χ0n) is 17.5. The normalized spacial score (nSPS) is 27.8. The van der Waals surface area contributed by atoms with E-state index in [2.05, 4.69) is 60.7 Å². The van der Waals surface area contributed by atoms with E-state index in [1.54, 1.807) is 7.11 Å². The van der Waals surface area contributed by atoms with Gasteiger partial charge < -0.3 is 14.2 Å². The Morgan fingerprint density at radius 3 is 2.10 bits per heavy atom. The van der Waals surface area contributed by atoms with Crippen molar-refractivity contribution in [3.05, 3.63) is 102 Å². The maximum atomic E-state index is 7.03. The predicted octanol–water partition coefficient (Wildman–Crippen LogP) is 4.96. The topological polar surface area (TPSA) is 40.0 Å². The van der Waals surface area contributed by atoms with Crippen LogP contribution >= 0.6 is 0 Å². The number of para-hydroxylation sites is 1. The number of methoxy groups -OCH3 is 1. The van der Waals surface area contributed by atoms with Gasteiger partial charge in [-0.3, -0.25) is 0 Å². The van der Waals surface area contributed by atoms with Crippen molar-refractivity contribution >= 4 is 5.90 Å². The molecule has 0 unspecified atom stereocenters. The summed E-state index contributed by atoms with van der Waals surface area (Å²) in [6.07, 6.45) is 2.37. The van der Waals surface area contributed by atoms with E-state index in [0.717, 1.165) is 35.3 Å². The lowest BCUT2D eigenvalue weighted by Gasteiger charge is -2.47. The molecule has 31 heavy (non-hydrogen) atoms. The van der Waals surface area contributed by atoms with E-state index in [9.17, 15) is 0 Å². The highest BCUT2D eigenvalue weighted by Gasteiger charge is 2.63. The van der Waals surface area contributed by atoms with Crippen LogP contribution in [0.4, 0.5) is 0 Å². The number of aliphatic imine (C=N–C) groups is 1. The predicted molar refractivity (Wildman–Crippen MR) is 119 cm³/mol. The molecule has 2 fully saturated rings.